The second kappa shape index (κ2) is 4.09. The van der Waals surface area contributed by atoms with Gasteiger partial charge in [0.1, 0.15) is 0 Å². The van der Waals surface area contributed by atoms with Gasteiger partial charge in [0.05, 0.1) is 6.10 Å². The number of thiophene rings is 1. The Hall–Kier alpha value is 0.1000. The summed E-state index contributed by atoms with van der Waals surface area (Å²) < 4.78 is 7.04. The molecule has 0 radical (unpaired) electrons. The van der Waals surface area contributed by atoms with E-state index in [0.29, 0.717) is 6.10 Å². The van der Waals surface area contributed by atoms with Gasteiger partial charge in [0.15, 0.2) is 0 Å². The summed E-state index contributed by atoms with van der Waals surface area (Å²) >= 11 is 5.37. The molecule has 2 N–H and O–H groups in total. The summed E-state index contributed by atoms with van der Waals surface area (Å²) in [7, 11) is 0. The van der Waals surface area contributed by atoms with Crippen molar-refractivity contribution in [1.29, 1.82) is 0 Å². The van der Waals surface area contributed by atoms with Gasteiger partial charge in [0.25, 0.3) is 0 Å². The lowest BCUT2D eigenvalue weighted by Crippen LogP contribution is -2.50. The molecule has 1 saturated carbocycles. The number of hydrogen-bond acceptors (Lipinski definition) is 3. The summed E-state index contributed by atoms with van der Waals surface area (Å²) in [5.41, 5.74) is 6.43. The van der Waals surface area contributed by atoms with Crippen molar-refractivity contribution in [3.63, 3.8) is 0 Å². The van der Waals surface area contributed by atoms with Crippen LogP contribution in [0.2, 0.25) is 0 Å². The van der Waals surface area contributed by atoms with E-state index in [-0.39, 0.29) is 5.54 Å². The van der Waals surface area contributed by atoms with Gasteiger partial charge in [0.2, 0.25) is 0 Å². The van der Waals surface area contributed by atoms with Crippen molar-refractivity contribution in [2.75, 3.05) is 6.61 Å². The standard InChI is InChI=1S/C12H16BrNOS/c13-9-3-6-16-10(9)7-12(14)4-5-15-11(12)8-1-2-8/h3,6,8,11H,1-2,4-5,7,14H2. The fraction of sp³-hybridized carbons (Fsp3) is 0.667. The first-order valence-electron chi connectivity index (χ1n) is 5.81. The van der Waals surface area contributed by atoms with Crippen molar-refractivity contribution < 1.29 is 4.74 Å². The van der Waals surface area contributed by atoms with Crippen LogP contribution in [0.15, 0.2) is 15.9 Å². The Morgan fingerprint density at radius 2 is 2.38 bits per heavy atom. The minimum Gasteiger partial charge on any atom is -0.376 e. The number of hydrogen-bond donors (Lipinski definition) is 1. The maximum atomic E-state index is 6.57. The van der Waals surface area contributed by atoms with E-state index in [1.165, 1.54) is 22.2 Å². The van der Waals surface area contributed by atoms with Gasteiger partial charge in [0, 0.05) is 27.9 Å². The summed E-state index contributed by atoms with van der Waals surface area (Å²) in [6.07, 6.45) is 4.84. The number of ether oxygens (including phenoxy) is 1. The largest absolute Gasteiger partial charge is 0.376 e. The molecule has 1 saturated heterocycles. The minimum atomic E-state index is -0.130. The molecule has 2 nitrogen and oxygen atoms in total. The van der Waals surface area contributed by atoms with Gasteiger partial charge in [-0.25, -0.2) is 0 Å². The van der Waals surface area contributed by atoms with E-state index in [1.54, 1.807) is 11.3 Å². The molecule has 3 rings (SSSR count). The molecule has 0 bridgehead atoms. The highest BCUT2D eigenvalue weighted by Gasteiger charge is 2.48. The fourth-order valence-corrected chi connectivity index (χ4v) is 4.26. The second-order valence-electron chi connectivity index (χ2n) is 4.98. The summed E-state index contributed by atoms with van der Waals surface area (Å²) in [5, 5.41) is 2.12. The van der Waals surface area contributed by atoms with Crippen LogP contribution in [0.3, 0.4) is 0 Å². The van der Waals surface area contributed by atoms with E-state index in [1.807, 2.05) is 0 Å². The molecule has 16 heavy (non-hydrogen) atoms. The Morgan fingerprint density at radius 1 is 1.56 bits per heavy atom. The first-order chi connectivity index (χ1) is 7.69. The lowest BCUT2D eigenvalue weighted by molar-refractivity contribution is 0.0628. The SMILES string of the molecule is NC1(Cc2sccc2Br)CCOC1C1CC1. The van der Waals surface area contributed by atoms with E-state index >= 15 is 0 Å². The van der Waals surface area contributed by atoms with Crippen molar-refractivity contribution in [3.05, 3.63) is 20.8 Å². The lowest BCUT2D eigenvalue weighted by Gasteiger charge is -2.29. The van der Waals surface area contributed by atoms with Crippen LogP contribution in [-0.4, -0.2) is 18.2 Å². The number of nitrogens with two attached hydrogens (primary N) is 1. The maximum absolute atomic E-state index is 6.57. The van der Waals surface area contributed by atoms with E-state index in [4.69, 9.17) is 10.5 Å². The second-order valence-corrected chi connectivity index (χ2v) is 6.84. The summed E-state index contributed by atoms with van der Waals surface area (Å²) in [6.45, 7) is 0.834. The van der Waals surface area contributed by atoms with Gasteiger partial charge in [-0.3, -0.25) is 0 Å². The maximum Gasteiger partial charge on any atom is 0.0786 e. The molecular formula is C12H16BrNOS. The Bertz CT molecular complexity index is 390. The van der Waals surface area contributed by atoms with Gasteiger partial charge in [-0.05, 0) is 52.6 Å². The van der Waals surface area contributed by atoms with Gasteiger partial charge < -0.3 is 10.5 Å². The molecule has 1 aromatic rings. The average molecular weight is 302 g/mol. The highest BCUT2D eigenvalue weighted by Crippen LogP contribution is 2.44. The number of rotatable bonds is 3. The predicted octanol–water partition coefficient (Wildman–Crippen LogP) is 2.95. The molecule has 0 amide bonds. The highest BCUT2D eigenvalue weighted by molar-refractivity contribution is 9.10. The van der Waals surface area contributed by atoms with Gasteiger partial charge in [-0.15, -0.1) is 11.3 Å². The Labute approximate surface area is 108 Å². The Kier molecular flexibility index (Phi) is 2.86. The van der Waals surface area contributed by atoms with Crippen molar-refractivity contribution >= 4 is 27.3 Å². The van der Waals surface area contributed by atoms with Crippen LogP contribution in [0.4, 0.5) is 0 Å². The molecule has 1 aliphatic carbocycles. The molecule has 88 valence electrons. The Morgan fingerprint density at radius 3 is 3.00 bits per heavy atom. The summed E-state index contributed by atoms with van der Waals surface area (Å²) in [5.74, 6) is 0.728. The molecule has 2 heterocycles. The predicted molar refractivity (Wildman–Crippen MR) is 69.7 cm³/mol. The molecule has 1 aliphatic heterocycles. The van der Waals surface area contributed by atoms with Crippen LogP contribution in [0, 0.1) is 5.92 Å². The van der Waals surface area contributed by atoms with Gasteiger partial charge in [-0.2, -0.15) is 0 Å². The summed E-state index contributed by atoms with van der Waals surface area (Å²) in [4.78, 5) is 1.36. The monoisotopic (exact) mass is 301 g/mol. The summed E-state index contributed by atoms with van der Waals surface area (Å²) in [6, 6.07) is 2.10. The van der Waals surface area contributed by atoms with Crippen LogP contribution in [-0.2, 0) is 11.2 Å². The van der Waals surface area contributed by atoms with Gasteiger partial charge >= 0.3 is 0 Å². The Balaban J connectivity index is 1.79. The lowest BCUT2D eigenvalue weighted by atomic mass is 9.85. The molecule has 0 spiro atoms. The van der Waals surface area contributed by atoms with E-state index in [9.17, 15) is 0 Å². The zero-order chi connectivity index (χ0) is 11.2. The van der Waals surface area contributed by atoms with Crippen LogP contribution >= 0.6 is 27.3 Å². The van der Waals surface area contributed by atoms with Crippen LogP contribution < -0.4 is 5.73 Å². The van der Waals surface area contributed by atoms with Crippen molar-refractivity contribution in [3.8, 4) is 0 Å². The quantitative estimate of drug-likeness (QED) is 0.931. The first kappa shape index (κ1) is 11.2. The molecule has 2 aliphatic rings. The molecule has 2 unspecified atom stereocenters. The van der Waals surface area contributed by atoms with Crippen LogP contribution in [0.25, 0.3) is 0 Å². The number of halogens is 1. The van der Waals surface area contributed by atoms with E-state index in [2.05, 4.69) is 27.4 Å². The fourth-order valence-electron chi connectivity index (χ4n) is 2.63. The van der Waals surface area contributed by atoms with E-state index in [0.717, 1.165) is 25.4 Å². The van der Waals surface area contributed by atoms with Crippen LogP contribution in [0.5, 0.6) is 0 Å². The smallest absolute Gasteiger partial charge is 0.0786 e. The third-order valence-electron chi connectivity index (χ3n) is 3.66. The third-order valence-corrected chi connectivity index (χ3v) is 5.59. The van der Waals surface area contributed by atoms with Crippen molar-refractivity contribution in [1.82, 2.24) is 0 Å². The zero-order valence-electron chi connectivity index (χ0n) is 9.12. The van der Waals surface area contributed by atoms with Gasteiger partial charge in [-0.1, -0.05) is 0 Å². The van der Waals surface area contributed by atoms with Crippen molar-refractivity contribution in [2.45, 2.75) is 37.3 Å². The first-order valence-corrected chi connectivity index (χ1v) is 7.49. The molecular weight excluding hydrogens is 286 g/mol. The molecule has 2 atom stereocenters. The molecule has 0 aromatic carbocycles. The van der Waals surface area contributed by atoms with E-state index < -0.39 is 0 Å². The van der Waals surface area contributed by atoms with Crippen LogP contribution in [0.1, 0.15) is 24.1 Å². The minimum absolute atomic E-state index is 0.130. The normalized spacial score (nSPS) is 34.5. The highest BCUT2D eigenvalue weighted by atomic mass is 79.9. The third kappa shape index (κ3) is 1.96. The molecule has 4 heteroatoms. The zero-order valence-corrected chi connectivity index (χ0v) is 11.5. The van der Waals surface area contributed by atoms with Crippen molar-refractivity contribution in [2.24, 2.45) is 11.7 Å². The average Bonchev–Trinajstić information content (AvgIpc) is 2.91. The molecule has 1 aromatic heterocycles. The molecule has 2 fully saturated rings. The topological polar surface area (TPSA) is 35.2 Å².